The molecule has 76 valence electrons. The molecule has 0 aliphatic rings. The highest BCUT2D eigenvalue weighted by molar-refractivity contribution is 5.68. The average Bonchev–Trinajstić information content (AvgIpc) is 2.02. The maximum atomic E-state index is 9.71. The zero-order valence-electron chi connectivity index (χ0n) is 9.39. The zero-order chi connectivity index (χ0) is 10.9. The molecule has 1 N–H and O–H groups in total. The molecule has 0 aliphatic carbocycles. The smallest absolute Gasteiger partial charge is 0.123 e. The number of aromatic hydroxyl groups is 1. The summed E-state index contributed by atoms with van der Waals surface area (Å²) in [5.41, 5.74) is 4.19. The van der Waals surface area contributed by atoms with Crippen LogP contribution in [0.5, 0.6) is 5.75 Å². The SMILES string of the molecule is C=C(C)c1cc(C(C)C)c(C)cc1O. The van der Waals surface area contributed by atoms with Crippen molar-refractivity contribution in [3.8, 4) is 5.75 Å². The van der Waals surface area contributed by atoms with E-state index in [1.54, 1.807) is 0 Å². The predicted molar refractivity (Wildman–Crippen MR) is 61.6 cm³/mol. The Balaban J connectivity index is 3.34. The van der Waals surface area contributed by atoms with Gasteiger partial charge in [-0.1, -0.05) is 20.4 Å². The Morgan fingerprint density at radius 1 is 1.36 bits per heavy atom. The molecule has 0 saturated carbocycles. The second-order valence-corrected chi connectivity index (χ2v) is 4.16. The molecular weight excluding hydrogens is 172 g/mol. The Kier molecular flexibility index (Phi) is 3.00. The summed E-state index contributed by atoms with van der Waals surface area (Å²) >= 11 is 0. The fourth-order valence-corrected chi connectivity index (χ4v) is 1.67. The van der Waals surface area contributed by atoms with Gasteiger partial charge in [0.05, 0.1) is 0 Å². The second kappa shape index (κ2) is 3.87. The van der Waals surface area contributed by atoms with Crippen LogP contribution in [-0.2, 0) is 0 Å². The third-order valence-electron chi connectivity index (χ3n) is 2.47. The highest BCUT2D eigenvalue weighted by atomic mass is 16.3. The first-order chi connectivity index (χ1) is 6.43. The van der Waals surface area contributed by atoms with E-state index >= 15 is 0 Å². The topological polar surface area (TPSA) is 20.2 Å². The first kappa shape index (κ1) is 10.8. The highest BCUT2D eigenvalue weighted by Gasteiger charge is 2.09. The number of aryl methyl sites for hydroxylation is 1. The Morgan fingerprint density at radius 3 is 2.36 bits per heavy atom. The number of phenolic OH excluding ortho intramolecular Hbond substituents is 1. The van der Waals surface area contributed by atoms with Crippen molar-refractivity contribution in [1.82, 2.24) is 0 Å². The van der Waals surface area contributed by atoms with Gasteiger partial charge in [0.15, 0.2) is 0 Å². The lowest BCUT2D eigenvalue weighted by Crippen LogP contribution is -1.94. The van der Waals surface area contributed by atoms with Gasteiger partial charge in [0, 0.05) is 5.56 Å². The summed E-state index contributed by atoms with van der Waals surface area (Å²) in [5.74, 6) is 0.813. The van der Waals surface area contributed by atoms with Gasteiger partial charge in [-0.25, -0.2) is 0 Å². The number of rotatable bonds is 2. The summed E-state index contributed by atoms with van der Waals surface area (Å²) in [7, 11) is 0. The van der Waals surface area contributed by atoms with E-state index < -0.39 is 0 Å². The van der Waals surface area contributed by atoms with Gasteiger partial charge in [-0.05, 0) is 48.6 Å². The molecule has 0 fully saturated rings. The van der Waals surface area contributed by atoms with Gasteiger partial charge in [-0.15, -0.1) is 0 Å². The number of allylic oxidation sites excluding steroid dienone is 1. The molecule has 14 heavy (non-hydrogen) atoms. The van der Waals surface area contributed by atoms with E-state index in [9.17, 15) is 5.11 Å². The van der Waals surface area contributed by atoms with Crippen LogP contribution >= 0.6 is 0 Å². The van der Waals surface area contributed by atoms with Gasteiger partial charge in [-0.3, -0.25) is 0 Å². The summed E-state index contributed by atoms with van der Waals surface area (Å²) in [6.07, 6.45) is 0. The van der Waals surface area contributed by atoms with Crippen molar-refractivity contribution in [2.24, 2.45) is 0 Å². The van der Waals surface area contributed by atoms with Crippen LogP contribution in [0.4, 0.5) is 0 Å². The minimum atomic E-state index is 0.333. The van der Waals surface area contributed by atoms with Gasteiger partial charge in [0.2, 0.25) is 0 Å². The Morgan fingerprint density at radius 2 is 1.93 bits per heavy atom. The van der Waals surface area contributed by atoms with Gasteiger partial charge in [-0.2, -0.15) is 0 Å². The normalized spacial score (nSPS) is 10.6. The number of hydrogen-bond donors (Lipinski definition) is 1. The summed E-state index contributed by atoms with van der Waals surface area (Å²) in [4.78, 5) is 0. The van der Waals surface area contributed by atoms with Gasteiger partial charge >= 0.3 is 0 Å². The summed E-state index contributed by atoms with van der Waals surface area (Å²) in [6, 6.07) is 3.86. The van der Waals surface area contributed by atoms with Gasteiger partial charge in [0.1, 0.15) is 5.75 Å². The van der Waals surface area contributed by atoms with Crippen LogP contribution in [0.25, 0.3) is 5.57 Å². The molecule has 0 atom stereocenters. The quantitative estimate of drug-likeness (QED) is 0.750. The summed E-state index contributed by atoms with van der Waals surface area (Å²) in [6.45, 7) is 12.1. The molecule has 0 amide bonds. The minimum Gasteiger partial charge on any atom is -0.507 e. The molecule has 1 aromatic carbocycles. The van der Waals surface area contributed by atoms with Crippen LogP contribution in [0.1, 0.15) is 43.4 Å². The van der Waals surface area contributed by atoms with E-state index in [0.717, 1.165) is 16.7 Å². The van der Waals surface area contributed by atoms with Crippen molar-refractivity contribution in [2.75, 3.05) is 0 Å². The Labute approximate surface area is 86.1 Å². The molecule has 0 spiro atoms. The monoisotopic (exact) mass is 190 g/mol. The largest absolute Gasteiger partial charge is 0.507 e. The van der Waals surface area contributed by atoms with E-state index in [1.165, 1.54) is 5.56 Å². The number of hydrogen-bond acceptors (Lipinski definition) is 1. The van der Waals surface area contributed by atoms with Crippen molar-refractivity contribution >= 4 is 5.57 Å². The molecule has 1 aromatic rings. The van der Waals surface area contributed by atoms with Crippen LogP contribution < -0.4 is 0 Å². The predicted octanol–water partition coefficient (Wildman–Crippen LogP) is 3.86. The Bertz CT molecular complexity index is 362. The van der Waals surface area contributed by atoms with E-state index in [2.05, 4.69) is 20.4 Å². The second-order valence-electron chi connectivity index (χ2n) is 4.16. The lowest BCUT2D eigenvalue weighted by Gasteiger charge is -2.13. The van der Waals surface area contributed by atoms with Crippen molar-refractivity contribution < 1.29 is 5.11 Å². The van der Waals surface area contributed by atoms with Gasteiger partial charge in [0.25, 0.3) is 0 Å². The van der Waals surface area contributed by atoms with Crippen LogP contribution in [0.15, 0.2) is 18.7 Å². The minimum absolute atomic E-state index is 0.333. The molecular formula is C13H18O. The number of phenols is 1. The number of benzene rings is 1. The fourth-order valence-electron chi connectivity index (χ4n) is 1.67. The van der Waals surface area contributed by atoms with Gasteiger partial charge < -0.3 is 5.11 Å². The van der Waals surface area contributed by atoms with E-state index in [-0.39, 0.29) is 0 Å². The van der Waals surface area contributed by atoms with Crippen molar-refractivity contribution in [1.29, 1.82) is 0 Å². The van der Waals surface area contributed by atoms with Crippen molar-refractivity contribution in [2.45, 2.75) is 33.6 Å². The maximum absolute atomic E-state index is 9.71. The highest BCUT2D eigenvalue weighted by Crippen LogP contribution is 2.30. The molecule has 1 nitrogen and oxygen atoms in total. The van der Waals surface area contributed by atoms with E-state index in [1.807, 2.05) is 26.0 Å². The maximum Gasteiger partial charge on any atom is 0.123 e. The van der Waals surface area contributed by atoms with E-state index in [4.69, 9.17) is 0 Å². The van der Waals surface area contributed by atoms with Crippen molar-refractivity contribution in [3.05, 3.63) is 35.4 Å². The zero-order valence-corrected chi connectivity index (χ0v) is 9.39. The molecule has 0 heterocycles. The summed E-state index contributed by atoms with van der Waals surface area (Å²) < 4.78 is 0. The lowest BCUT2D eigenvalue weighted by molar-refractivity contribution is 0.472. The lowest BCUT2D eigenvalue weighted by atomic mass is 9.93. The molecule has 0 bridgehead atoms. The molecule has 0 aromatic heterocycles. The average molecular weight is 190 g/mol. The first-order valence-corrected chi connectivity index (χ1v) is 4.93. The molecule has 0 saturated heterocycles. The fraction of sp³-hybridized carbons (Fsp3) is 0.385. The molecule has 0 unspecified atom stereocenters. The molecule has 0 radical (unpaired) electrons. The van der Waals surface area contributed by atoms with Crippen LogP contribution in [0.3, 0.4) is 0 Å². The van der Waals surface area contributed by atoms with Crippen molar-refractivity contribution in [3.63, 3.8) is 0 Å². The van der Waals surface area contributed by atoms with Crippen LogP contribution in [0.2, 0.25) is 0 Å². The summed E-state index contributed by atoms with van der Waals surface area (Å²) in [5, 5.41) is 9.71. The standard InChI is InChI=1S/C13H18O/c1-8(2)11-7-12(9(3)4)13(14)6-10(11)5/h6-8,14H,3H2,1-2,4-5H3. The molecule has 0 aliphatic heterocycles. The third-order valence-corrected chi connectivity index (χ3v) is 2.47. The Hall–Kier alpha value is -1.24. The van der Waals surface area contributed by atoms with Crippen LogP contribution in [-0.4, -0.2) is 5.11 Å². The third kappa shape index (κ3) is 1.98. The van der Waals surface area contributed by atoms with Crippen LogP contribution in [0, 0.1) is 6.92 Å². The molecule has 1 heteroatoms. The first-order valence-electron chi connectivity index (χ1n) is 4.93. The van der Waals surface area contributed by atoms with E-state index in [0.29, 0.717) is 11.7 Å². The molecule has 1 rings (SSSR count).